The molecule has 11 aromatic heterocycles. The lowest BCUT2D eigenvalue weighted by atomic mass is 9.99. The number of aromatic nitrogens is 14. The minimum absolute atomic E-state index is 0.0185. The van der Waals surface area contributed by atoms with Crippen LogP contribution < -0.4 is 0 Å². The Hall–Kier alpha value is -17.3. The molecule has 24 rings (SSSR count). The third kappa shape index (κ3) is 17.4. The van der Waals surface area contributed by atoms with Gasteiger partial charge in [-0.1, -0.05) is 84.9 Å². The fourth-order valence-corrected chi connectivity index (χ4v) is 17.7. The number of halogens is 8. The number of fused-ring (bicyclic) bond motifs is 9. The highest BCUT2D eigenvalue weighted by atomic mass is 19.2. The van der Waals surface area contributed by atoms with Gasteiger partial charge in [0.15, 0.2) is 0 Å². The largest absolute Gasteiger partial charge is 0.330 e. The van der Waals surface area contributed by atoms with Crippen LogP contribution in [0, 0.1) is 46.5 Å². The Morgan fingerprint density at radius 3 is 1.42 bits per heavy atom. The SMILES string of the molecule is Cn1cc(-c2ccc(CN3Cc4cccnc4C3=O)c(F)c2)cn1.Cn1cc2c(-c3cc(F)c(CN4Cc5ncccc5C4=O)cc3F)cccc2n1.Cn1ncc2ccc(-c3ccc(CN4Cc5ccccc5C4=O)c(F)c3)cc21.O=C1c2cccnc2CN1Cc1c(F)cc(-c2cccc3nccn23)cc1F.O=C1c2cccnc2CN1Cc1c(F)cc(-c2cnc3ccccn23)cc1F. The van der Waals surface area contributed by atoms with Crippen molar-refractivity contribution in [2.24, 2.45) is 21.1 Å². The summed E-state index contributed by atoms with van der Waals surface area (Å²) in [5.41, 5.74) is 16.5. The number of rotatable bonds is 15. The van der Waals surface area contributed by atoms with Crippen molar-refractivity contribution >= 4 is 62.6 Å². The van der Waals surface area contributed by atoms with E-state index in [1.165, 1.54) is 57.2 Å². The maximum Gasteiger partial charge on any atom is 0.273 e. The van der Waals surface area contributed by atoms with Gasteiger partial charge in [0.2, 0.25) is 0 Å². The second-order valence-corrected chi connectivity index (χ2v) is 33.5. The number of imidazole rings is 2. The summed E-state index contributed by atoms with van der Waals surface area (Å²) in [5.74, 6) is -5.46. The molecule has 0 aliphatic carbocycles. The average Bonchev–Trinajstić information content (AvgIpc) is 1.74. The van der Waals surface area contributed by atoms with Crippen molar-refractivity contribution in [2.75, 3.05) is 0 Å². The highest BCUT2D eigenvalue weighted by molar-refractivity contribution is 6.01. The third-order valence-electron chi connectivity index (χ3n) is 24.7. The predicted molar refractivity (Wildman–Crippen MR) is 493 cm³/mol. The van der Waals surface area contributed by atoms with Crippen LogP contribution in [0.15, 0.2) is 293 Å². The summed E-state index contributed by atoms with van der Waals surface area (Å²) in [7, 11) is 5.49. The number of hydrogen-bond donors (Lipinski definition) is 0. The van der Waals surface area contributed by atoms with Crippen molar-refractivity contribution in [1.29, 1.82) is 0 Å². The van der Waals surface area contributed by atoms with E-state index in [0.717, 1.165) is 49.7 Å². The molecule has 19 aromatic rings. The fraction of sp³-hybridized carbons (Fsp3) is 0.124. The zero-order valence-corrected chi connectivity index (χ0v) is 73.3. The number of carbonyl (C=O) groups is 5. The van der Waals surface area contributed by atoms with Gasteiger partial charge in [0.1, 0.15) is 63.5 Å². The monoisotopic (exact) mass is 1840 g/mol. The summed E-state index contributed by atoms with van der Waals surface area (Å²) in [6, 6.07) is 61.2. The summed E-state index contributed by atoms with van der Waals surface area (Å²) in [5, 5.41) is 14.5. The lowest BCUT2D eigenvalue weighted by Crippen LogP contribution is -2.24. The first-order valence-corrected chi connectivity index (χ1v) is 43.5. The summed E-state index contributed by atoms with van der Waals surface area (Å²) >= 11 is 0. The molecule has 0 fully saturated rings. The van der Waals surface area contributed by atoms with Crippen molar-refractivity contribution in [3.8, 4) is 55.9 Å². The van der Waals surface area contributed by atoms with Crippen LogP contribution in [0.1, 0.15) is 108 Å². The van der Waals surface area contributed by atoms with Crippen LogP contribution in [0.5, 0.6) is 0 Å². The molecule has 0 saturated heterocycles. The number of benzene rings is 8. The molecular weight excluding hydrogens is 1760 g/mol. The first-order chi connectivity index (χ1) is 66.4. The molecule has 137 heavy (non-hydrogen) atoms. The molecule has 678 valence electrons. The molecule has 0 atom stereocenters. The molecule has 0 spiro atoms. The van der Waals surface area contributed by atoms with Gasteiger partial charge in [-0.25, -0.2) is 45.1 Å². The van der Waals surface area contributed by atoms with Gasteiger partial charge in [-0.2, -0.15) is 15.3 Å². The summed E-state index contributed by atoms with van der Waals surface area (Å²) in [6.07, 6.45) is 20.3. The quantitative estimate of drug-likeness (QED) is 0.0867. The first kappa shape index (κ1) is 87.6. The second-order valence-electron chi connectivity index (χ2n) is 33.5. The van der Waals surface area contributed by atoms with Gasteiger partial charge in [0.05, 0.1) is 108 Å². The Morgan fingerprint density at radius 2 is 0.803 bits per heavy atom. The molecule has 16 heterocycles. The maximum atomic E-state index is 15.0. The number of nitrogens with zero attached hydrogens (tertiary/aromatic N) is 19. The van der Waals surface area contributed by atoms with Crippen molar-refractivity contribution < 1.29 is 59.1 Å². The predicted octanol–water partition coefficient (Wildman–Crippen LogP) is 19.0. The molecule has 32 heteroatoms. The van der Waals surface area contributed by atoms with Crippen LogP contribution in [0.3, 0.4) is 0 Å². The Kier molecular flexibility index (Phi) is 23.5. The lowest BCUT2D eigenvalue weighted by molar-refractivity contribution is 0.0754. The Morgan fingerprint density at radius 1 is 0.314 bits per heavy atom. The number of hydrogen-bond acceptors (Lipinski definition) is 14. The molecular formula is C105H77F8N19O5. The van der Waals surface area contributed by atoms with Crippen LogP contribution in [0.2, 0.25) is 0 Å². The van der Waals surface area contributed by atoms with Crippen LogP contribution in [0.25, 0.3) is 89.0 Å². The van der Waals surface area contributed by atoms with Crippen LogP contribution in [0.4, 0.5) is 35.1 Å². The Balaban J connectivity index is 0.000000106. The average molecular weight is 1840 g/mol. The standard InChI is InChI=1S/C23H18FN3O.C22H16F2N4O.2C21H14F2N4O.C18H15FN4O/c1-26-22-11-16(6-8-17(22)12-25-26)15-7-9-19(21(24)10-15)14-27-13-18-4-2-3-5-20(18)23(27)28;1-27-11-17-14(4-2-6-20(17)26-27)16-9-18(23)13(8-19(16)24)10-28-12-21-15(22(28)29)5-3-7-25-21;22-16-9-13(19-4-1-5-20-25-7-8-27(19)20)10-17(23)15(16)11-26-12-18-14(21(26)28)3-2-6-24-18;22-16-8-13(19-10-25-20-5-1-2-7-27(19)20)9-17(23)15(16)11-26-12-18-14(21(26)28)4-3-6-24-18;1-22-9-15(8-21-22)12-4-5-13(16(19)7-12)10-23-11-14-3-2-6-20-17(14)18(23)24/h2-12H,13-14H2,1H3;2-9,11H,10,12H2,1H3;2*1-10H,11-12H2;2-9H,10-11H2,1H3. The summed E-state index contributed by atoms with van der Waals surface area (Å²) in [4.78, 5) is 94.9. The number of aryl methyl sites for hydroxylation is 3. The minimum Gasteiger partial charge on any atom is -0.330 e. The topological polar surface area (TPSA) is 241 Å². The number of pyridine rings is 6. The zero-order valence-electron chi connectivity index (χ0n) is 73.3. The minimum atomic E-state index is -0.697. The van der Waals surface area contributed by atoms with Crippen molar-refractivity contribution in [3.05, 3.63) is 423 Å². The van der Waals surface area contributed by atoms with E-state index in [-0.39, 0.29) is 116 Å². The fourth-order valence-electron chi connectivity index (χ4n) is 17.7. The van der Waals surface area contributed by atoms with Gasteiger partial charge < -0.3 is 24.5 Å². The molecule has 5 aliphatic heterocycles. The van der Waals surface area contributed by atoms with Crippen molar-refractivity contribution in [3.63, 3.8) is 0 Å². The van der Waals surface area contributed by atoms with E-state index in [2.05, 4.69) is 45.2 Å². The van der Waals surface area contributed by atoms with E-state index in [1.807, 2.05) is 117 Å². The number of amides is 5. The Bertz CT molecular complexity index is 8020. The third-order valence-corrected chi connectivity index (χ3v) is 24.7. The highest BCUT2D eigenvalue weighted by Gasteiger charge is 2.35. The molecule has 5 amide bonds. The van der Waals surface area contributed by atoms with Gasteiger partial charge in [-0.3, -0.25) is 66.8 Å². The Labute approximate surface area is 775 Å². The second kappa shape index (κ2) is 36.7. The zero-order chi connectivity index (χ0) is 94.6. The smallest absolute Gasteiger partial charge is 0.273 e. The summed E-state index contributed by atoms with van der Waals surface area (Å²) in [6.45, 7) is 1.92. The van der Waals surface area contributed by atoms with Crippen LogP contribution in [-0.4, -0.2) is 122 Å². The van der Waals surface area contributed by atoms with Gasteiger partial charge in [-0.15, -0.1) is 0 Å². The maximum absolute atomic E-state index is 15.0. The van der Waals surface area contributed by atoms with Crippen LogP contribution >= 0.6 is 0 Å². The normalized spacial score (nSPS) is 13.4. The molecule has 5 aliphatic rings. The van der Waals surface area contributed by atoms with Gasteiger partial charge >= 0.3 is 0 Å². The van der Waals surface area contributed by atoms with Crippen molar-refractivity contribution in [1.82, 2.24) is 92.5 Å². The number of carbonyl (C=O) groups excluding carboxylic acids is 5. The van der Waals surface area contributed by atoms with E-state index >= 15 is 0 Å². The lowest BCUT2D eigenvalue weighted by Gasteiger charge is -2.17. The molecule has 0 N–H and O–H groups in total. The molecule has 0 bridgehead atoms. The van der Waals surface area contributed by atoms with E-state index in [1.54, 1.807) is 187 Å². The molecule has 24 nitrogen and oxygen atoms in total. The van der Waals surface area contributed by atoms with Gasteiger partial charge in [0.25, 0.3) is 29.5 Å². The molecule has 0 unspecified atom stereocenters. The van der Waals surface area contributed by atoms with E-state index < -0.39 is 34.9 Å². The molecule has 0 radical (unpaired) electrons. The van der Waals surface area contributed by atoms with Crippen LogP contribution in [-0.2, 0) is 86.6 Å². The van der Waals surface area contributed by atoms with E-state index in [0.29, 0.717) is 114 Å². The first-order valence-electron chi connectivity index (χ1n) is 43.5. The van der Waals surface area contributed by atoms with Gasteiger partial charge in [-0.05, 0) is 161 Å². The van der Waals surface area contributed by atoms with E-state index in [9.17, 15) is 59.1 Å². The van der Waals surface area contributed by atoms with Crippen molar-refractivity contribution in [2.45, 2.75) is 65.4 Å². The summed E-state index contributed by atoms with van der Waals surface area (Å²) < 4.78 is 127. The highest BCUT2D eigenvalue weighted by Crippen LogP contribution is 2.38. The van der Waals surface area contributed by atoms with Gasteiger partial charge in [0, 0.05) is 182 Å². The molecule has 8 aromatic carbocycles. The molecule has 0 saturated carbocycles. The van der Waals surface area contributed by atoms with E-state index in [4.69, 9.17) is 0 Å².